The molecule has 0 spiro atoms. The second-order valence-corrected chi connectivity index (χ2v) is 2.35. The number of hydrogen-bond acceptors (Lipinski definition) is 3. The first-order valence-corrected chi connectivity index (χ1v) is 3.66. The van der Waals surface area contributed by atoms with Gasteiger partial charge in [0.2, 0.25) is 5.78 Å². The maximum Gasteiger partial charge on any atom is 0.327 e. The lowest BCUT2D eigenvalue weighted by molar-refractivity contribution is -0.131. The molecule has 1 aromatic rings. The number of carbonyl (C=O) groups excluding carboxylic acids is 1. The molecule has 1 rings (SSSR count). The van der Waals surface area contributed by atoms with Crippen LogP contribution < -0.4 is 0 Å². The number of carboxylic acids is 1. The smallest absolute Gasteiger partial charge is 0.327 e. The summed E-state index contributed by atoms with van der Waals surface area (Å²) < 4.78 is 4.82. The van der Waals surface area contributed by atoms with Crippen LogP contribution in [0.25, 0.3) is 0 Å². The van der Waals surface area contributed by atoms with Crippen LogP contribution in [0.2, 0.25) is 0 Å². The van der Waals surface area contributed by atoms with E-state index in [9.17, 15) is 9.59 Å². The number of furan rings is 1. The summed E-state index contributed by atoms with van der Waals surface area (Å²) in [7, 11) is 0. The van der Waals surface area contributed by atoms with Crippen molar-refractivity contribution >= 4 is 11.8 Å². The molecule has 0 atom stereocenters. The molecule has 1 N–H and O–H groups in total. The van der Waals surface area contributed by atoms with Crippen molar-refractivity contribution in [2.75, 3.05) is 0 Å². The van der Waals surface area contributed by atoms with Gasteiger partial charge in [0.25, 0.3) is 0 Å². The number of rotatable bonds is 4. The lowest BCUT2D eigenvalue weighted by Crippen LogP contribution is -1.95. The normalized spacial score (nSPS) is 10.5. The predicted octanol–water partition coefficient (Wildman–Crippen LogP) is 1.49. The maximum atomic E-state index is 11.1. The topological polar surface area (TPSA) is 67.5 Å². The highest BCUT2D eigenvalue weighted by molar-refractivity contribution is 5.95. The van der Waals surface area contributed by atoms with E-state index < -0.39 is 5.97 Å². The number of carbonyl (C=O) groups is 2. The van der Waals surface area contributed by atoms with Gasteiger partial charge in [-0.25, -0.2) is 4.79 Å². The van der Waals surface area contributed by atoms with Gasteiger partial charge in [0.15, 0.2) is 5.76 Å². The van der Waals surface area contributed by atoms with E-state index in [1.165, 1.54) is 18.4 Å². The first kappa shape index (κ1) is 9.25. The molecule has 4 heteroatoms. The quantitative estimate of drug-likeness (QED) is 0.563. The molecular formula is C9H8O4. The molecule has 68 valence electrons. The number of Topliss-reactive ketones (excluding diaryl/α,β-unsaturated/α-hetero) is 1. The van der Waals surface area contributed by atoms with Crippen molar-refractivity contribution in [3.63, 3.8) is 0 Å². The maximum absolute atomic E-state index is 11.1. The molecule has 4 nitrogen and oxygen atoms in total. The van der Waals surface area contributed by atoms with Gasteiger partial charge in [0, 0.05) is 12.5 Å². The molecule has 0 fully saturated rings. The van der Waals surface area contributed by atoms with Crippen molar-refractivity contribution in [3.05, 3.63) is 36.3 Å². The molecule has 0 radical (unpaired) electrons. The van der Waals surface area contributed by atoms with Crippen molar-refractivity contribution < 1.29 is 19.1 Å². The van der Waals surface area contributed by atoms with Crippen LogP contribution in [0.15, 0.2) is 35.0 Å². The van der Waals surface area contributed by atoms with E-state index in [4.69, 9.17) is 9.52 Å². The number of aliphatic carboxylic acids is 1. The highest BCUT2D eigenvalue weighted by atomic mass is 16.4. The van der Waals surface area contributed by atoms with Crippen LogP contribution in [-0.2, 0) is 4.79 Å². The largest absolute Gasteiger partial charge is 0.478 e. The zero-order chi connectivity index (χ0) is 9.68. The van der Waals surface area contributed by atoms with Crippen LogP contribution in [0.1, 0.15) is 17.0 Å². The van der Waals surface area contributed by atoms with Crippen molar-refractivity contribution in [1.29, 1.82) is 0 Å². The minimum absolute atomic E-state index is 0.0415. The van der Waals surface area contributed by atoms with Gasteiger partial charge in [-0.15, -0.1) is 0 Å². The highest BCUT2D eigenvalue weighted by Crippen LogP contribution is 2.04. The first-order chi connectivity index (χ1) is 6.20. The number of carboxylic acid groups (broad SMARTS) is 1. The number of hydrogen-bond donors (Lipinski definition) is 1. The Morgan fingerprint density at radius 1 is 1.54 bits per heavy atom. The fourth-order valence-corrected chi connectivity index (χ4v) is 0.805. The van der Waals surface area contributed by atoms with Gasteiger partial charge < -0.3 is 9.52 Å². The van der Waals surface area contributed by atoms with Crippen LogP contribution in [-0.4, -0.2) is 16.9 Å². The predicted molar refractivity (Wildman–Crippen MR) is 44.4 cm³/mol. The molecular weight excluding hydrogens is 172 g/mol. The third kappa shape index (κ3) is 2.94. The molecule has 0 saturated heterocycles. The van der Waals surface area contributed by atoms with Gasteiger partial charge in [-0.05, 0) is 12.1 Å². The Labute approximate surface area is 74.5 Å². The molecule has 1 aromatic heterocycles. The summed E-state index contributed by atoms with van der Waals surface area (Å²) in [5.74, 6) is -1.05. The van der Waals surface area contributed by atoms with Crippen LogP contribution in [0, 0.1) is 0 Å². The minimum atomic E-state index is -1.06. The van der Waals surface area contributed by atoms with E-state index in [1.54, 1.807) is 6.07 Å². The summed E-state index contributed by atoms with van der Waals surface area (Å²) in [5, 5.41) is 8.24. The molecule has 0 aliphatic heterocycles. The SMILES string of the molecule is O=C(O)/C=C/CC(=O)c1ccco1. The lowest BCUT2D eigenvalue weighted by Gasteiger charge is -1.89. The first-order valence-electron chi connectivity index (χ1n) is 3.66. The van der Waals surface area contributed by atoms with E-state index in [-0.39, 0.29) is 18.0 Å². The van der Waals surface area contributed by atoms with Gasteiger partial charge in [0.05, 0.1) is 6.26 Å². The molecule has 0 aromatic carbocycles. The second kappa shape index (κ2) is 4.25. The van der Waals surface area contributed by atoms with E-state index in [0.717, 1.165) is 6.08 Å². The summed E-state index contributed by atoms with van der Waals surface area (Å²) in [5.41, 5.74) is 0. The fourth-order valence-electron chi connectivity index (χ4n) is 0.805. The van der Waals surface area contributed by atoms with Crippen molar-refractivity contribution in [2.24, 2.45) is 0 Å². The molecule has 1 heterocycles. The average Bonchev–Trinajstić information content (AvgIpc) is 2.55. The highest BCUT2D eigenvalue weighted by Gasteiger charge is 2.05. The Bertz CT molecular complexity index is 321. The monoisotopic (exact) mass is 180 g/mol. The summed E-state index contributed by atoms with van der Waals surface area (Å²) in [6, 6.07) is 3.14. The van der Waals surface area contributed by atoms with Gasteiger partial charge in [-0.1, -0.05) is 6.08 Å². The Morgan fingerprint density at radius 2 is 2.31 bits per heavy atom. The van der Waals surface area contributed by atoms with E-state index in [2.05, 4.69) is 0 Å². The van der Waals surface area contributed by atoms with Gasteiger partial charge in [0.1, 0.15) is 0 Å². The molecule has 0 bridgehead atoms. The zero-order valence-electron chi connectivity index (χ0n) is 6.77. The van der Waals surface area contributed by atoms with Crippen molar-refractivity contribution in [3.8, 4) is 0 Å². The summed E-state index contributed by atoms with van der Waals surface area (Å²) in [4.78, 5) is 21.2. The second-order valence-electron chi connectivity index (χ2n) is 2.35. The van der Waals surface area contributed by atoms with Gasteiger partial charge >= 0.3 is 5.97 Å². The Kier molecular flexibility index (Phi) is 3.03. The fraction of sp³-hybridized carbons (Fsp3) is 0.111. The van der Waals surface area contributed by atoms with Crippen LogP contribution in [0.3, 0.4) is 0 Å². The molecule has 0 unspecified atom stereocenters. The van der Waals surface area contributed by atoms with Crippen LogP contribution in [0.4, 0.5) is 0 Å². The standard InChI is InChI=1S/C9H8O4/c10-7(3-1-5-9(11)12)8-4-2-6-13-8/h1-2,4-6H,3H2,(H,11,12)/b5-1+. The van der Waals surface area contributed by atoms with Gasteiger partial charge in [-0.3, -0.25) is 4.79 Å². The van der Waals surface area contributed by atoms with E-state index in [1.807, 2.05) is 0 Å². The summed E-state index contributed by atoms with van der Waals surface area (Å²) in [6.07, 6.45) is 3.65. The van der Waals surface area contributed by atoms with Gasteiger partial charge in [-0.2, -0.15) is 0 Å². The zero-order valence-corrected chi connectivity index (χ0v) is 6.77. The van der Waals surface area contributed by atoms with E-state index in [0.29, 0.717) is 0 Å². The third-order valence-electron chi connectivity index (χ3n) is 1.36. The van der Waals surface area contributed by atoms with Crippen molar-refractivity contribution in [1.82, 2.24) is 0 Å². The Balaban J connectivity index is 2.48. The van der Waals surface area contributed by atoms with Crippen LogP contribution >= 0.6 is 0 Å². The average molecular weight is 180 g/mol. The Hall–Kier alpha value is -1.84. The van der Waals surface area contributed by atoms with E-state index >= 15 is 0 Å². The lowest BCUT2D eigenvalue weighted by atomic mass is 10.2. The molecule has 0 saturated carbocycles. The van der Waals surface area contributed by atoms with Crippen molar-refractivity contribution in [2.45, 2.75) is 6.42 Å². The van der Waals surface area contributed by atoms with Crippen LogP contribution in [0.5, 0.6) is 0 Å². The number of ketones is 1. The molecule has 13 heavy (non-hydrogen) atoms. The number of allylic oxidation sites excluding steroid dienone is 1. The minimum Gasteiger partial charge on any atom is -0.478 e. The molecule has 0 aliphatic carbocycles. The molecule has 0 aliphatic rings. The summed E-state index contributed by atoms with van der Waals surface area (Å²) in [6.45, 7) is 0. The Morgan fingerprint density at radius 3 is 2.85 bits per heavy atom. The summed E-state index contributed by atoms with van der Waals surface area (Å²) >= 11 is 0. The third-order valence-corrected chi connectivity index (χ3v) is 1.36. The molecule has 0 amide bonds.